The highest BCUT2D eigenvalue weighted by atomic mass is 32.1. The minimum absolute atomic E-state index is 0.0891. The molecule has 0 radical (unpaired) electrons. The van der Waals surface area contributed by atoms with Crippen molar-refractivity contribution >= 4 is 56.2 Å². The van der Waals surface area contributed by atoms with Gasteiger partial charge in [-0.2, -0.15) is 10.1 Å². The van der Waals surface area contributed by atoms with E-state index in [0.29, 0.717) is 10.8 Å². The van der Waals surface area contributed by atoms with Crippen LogP contribution in [0.5, 0.6) is 0 Å². The van der Waals surface area contributed by atoms with Crippen molar-refractivity contribution in [3.05, 3.63) is 54.1 Å². The van der Waals surface area contributed by atoms with E-state index in [1.165, 1.54) is 29.7 Å². The van der Waals surface area contributed by atoms with Gasteiger partial charge in [0.2, 0.25) is 5.13 Å². The molecule has 0 aliphatic carbocycles. The number of rotatable bonds is 5. The average molecular weight is 406 g/mol. The van der Waals surface area contributed by atoms with Gasteiger partial charge in [-0.25, -0.2) is 4.98 Å². The van der Waals surface area contributed by atoms with Crippen LogP contribution >= 0.6 is 11.3 Å². The first kappa shape index (κ1) is 18.9. The molecule has 0 N–H and O–H groups in total. The second kappa shape index (κ2) is 7.92. The average Bonchev–Trinajstić information content (AvgIpc) is 3.28. The summed E-state index contributed by atoms with van der Waals surface area (Å²) >= 11 is 1.37. The molecule has 7 nitrogen and oxygen atoms in total. The first-order valence-electron chi connectivity index (χ1n) is 9.00. The van der Waals surface area contributed by atoms with Crippen molar-refractivity contribution in [1.82, 2.24) is 4.98 Å². The van der Waals surface area contributed by atoms with Crippen LogP contribution in [-0.4, -0.2) is 35.9 Å². The molecule has 0 fully saturated rings. The molecule has 8 heteroatoms. The Morgan fingerprint density at radius 1 is 1.24 bits per heavy atom. The molecule has 4 rings (SSSR count). The number of aromatic nitrogens is 1. The predicted octanol–water partition coefficient (Wildman–Crippen LogP) is 3.89. The van der Waals surface area contributed by atoms with Crippen LogP contribution in [0, 0.1) is 12.8 Å². The molecular formula is C21H18N4O3S. The van der Waals surface area contributed by atoms with E-state index in [2.05, 4.69) is 15.1 Å². The Morgan fingerprint density at radius 2 is 2.00 bits per heavy atom. The second-order valence-electron chi connectivity index (χ2n) is 6.55. The molecule has 1 aromatic heterocycles. The van der Waals surface area contributed by atoms with Gasteiger partial charge in [-0.1, -0.05) is 41.2 Å². The number of aryl methyl sites for hydroxylation is 1. The van der Waals surface area contributed by atoms with Crippen LogP contribution in [0.25, 0.3) is 10.2 Å². The molecule has 3 aromatic rings. The number of thiazole rings is 1. The Labute approximate surface area is 171 Å². The number of aliphatic imine (C=N–C) groups is 1. The fourth-order valence-electron chi connectivity index (χ4n) is 2.91. The minimum atomic E-state index is -0.748. The van der Waals surface area contributed by atoms with Crippen LogP contribution in [0.2, 0.25) is 0 Å². The molecule has 2 aromatic carbocycles. The number of para-hydroxylation sites is 1. The van der Waals surface area contributed by atoms with Crippen LogP contribution in [-0.2, 0) is 14.3 Å². The number of carbonyl (C=O) groups is 2. The number of methoxy groups -OCH3 is 1. The Kier molecular flexibility index (Phi) is 5.18. The summed E-state index contributed by atoms with van der Waals surface area (Å²) in [5.74, 6) is -1.50. The number of hydrogen-bond donors (Lipinski definition) is 0. The van der Waals surface area contributed by atoms with Crippen molar-refractivity contribution in [2.45, 2.75) is 13.3 Å². The molecule has 0 spiro atoms. The highest BCUT2D eigenvalue weighted by molar-refractivity contribution is 7.22. The Bertz CT molecular complexity index is 1100. The van der Waals surface area contributed by atoms with Gasteiger partial charge < -0.3 is 4.74 Å². The lowest BCUT2D eigenvalue weighted by Crippen LogP contribution is -2.29. The minimum Gasteiger partial charge on any atom is -0.469 e. The summed E-state index contributed by atoms with van der Waals surface area (Å²) in [6, 6.07) is 15.2. The summed E-state index contributed by atoms with van der Waals surface area (Å²) in [4.78, 5) is 33.8. The Balaban J connectivity index is 1.66. The molecule has 1 unspecified atom stereocenters. The zero-order valence-corrected chi connectivity index (χ0v) is 16.7. The fourth-order valence-corrected chi connectivity index (χ4v) is 3.83. The first-order chi connectivity index (χ1) is 14.0. The molecule has 1 aliphatic heterocycles. The van der Waals surface area contributed by atoms with Crippen molar-refractivity contribution < 1.29 is 14.3 Å². The zero-order valence-electron chi connectivity index (χ0n) is 15.9. The Hall–Kier alpha value is -3.39. The van der Waals surface area contributed by atoms with Gasteiger partial charge in [0.05, 0.1) is 35.1 Å². The number of esters is 1. The maximum absolute atomic E-state index is 13.1. The van der Waals surface area contributed by atoms with E-state index < -0.39 is 11.9 Å². The van der Waals surface area contributed by atoms with Gasteiger partial charge in [-0.3, -0.25) is 14.6 Å². The predicted molar refractivity (Wildman–Crippen MR) is 114 cm³/mol. The number of ether oxygens (including phenoxy) is 1. The van der Waals surface area contributed by atoms with E-state index in [0.717, 1.165) is 21.5 Å². The second-order valence-corrected chi connectivity index (χ2v) is 7.56. The van der Waals surface area contributed by atoms with Gasteiger partial charge in [-0.15, -0.1) is 0 Å². The first-order valence-corrected chi connectivity index (χ1v) is 9.81. The summed E-state index contributed by atoms with van der Waals surface area (Å²) in [6.45, 7) is 1.99. The lowest BCUT2D eigenvalue weighted by molar-refractivity contribution is -0.139. The van der Waals surface area contributed by atoms with E-state index in [9.17, 15) is 9.59 Å². The van der Waals surface area contributed by atoms with Gasteiger partial charge in [-0.05, 0) is 31.2 Å². The molecule has 1 amide bonds. The lowest BCUT2D eigenvalue weighted by atomic mass is 10.0. The number of anilines is 1. The van der Waals surface area contributed by atoms with Crippen LogP contribution in [0.15, 0.2) is 58.6 Å². The van der Waals surface area contributed by atoms with Crippen LogP contribution in [0.1, 0.15) is 12.0 Å². The smallest absolute Gasteiger partial charge is 0.311 e. The highest BCUT2D eigenvalue weighted by Crippen LogP contribution is 2.32. The number of hydrogen-bond acceptors (Lipinski definition) is 7. The third-order valence-electron chi connectivity index (χ3n) is 4.49. The summed E-state index contributed by atoms with van der Waals surface area (Å²) in [6.07, 6.45) is 1.44. The summed E-state index contributed by atoms with van der Waals surface area (Å²) < 4.78 is 5.71. The molecule has 0 saturated carbocycles. The molecular weight excluding hydrogens is 388 g/mol. The fraction of sp³-hybridized carbons (Fsp3) is 0.190. The third-order valence-corrected chi connectivity index (χ3v) is 5.50. The topological polar surface area (TPSA) is 84.2 Å². The standard InChI is InChI=1S/C21H18N4O3S/c1-13-7-9-14(10-8-13)22-12-15-17(11-19(26)28-2)24-25(20(15)27)21-23-16-5-3-4-6-18(16)29-21/h3-10,12,15H,11H2,1-2H3. The lowest BCUT2D eigenvalue weighted by Gasteiger charge is -2.08. The van der Waals surface area contributed by atoms with Crippen molar-refractivity contribution in [1.29, 1.82) is 0 Å². The van der Waals surface area contributed by atoms with Crippen molar-refractivity contribution in [2.24, 2.45) is 16.0 Å². The molecule has 1 atom stereocenters. The Morgan fingerprint density at radius 3 is 2.72 bits per heavy atom. The van der Waals surface area contributed by atoms with E-state index in [1.54, 1.807) is 0 Å². The quantitative estimate of drug-likeness (QED) is 0.475. The zero-order chi connectivity index (χ0) is 20.4. The normalized spacial score (nSPS) is 16.6. The number of hydrazone groups is 1. The van der Waals surface area contributed by atoms with Crippen LogP contribution < -0.4 is 5.01 Å². The molecule has 1 aliphatic rings. The van der Waals surface area contributed by atoms with Gasteiger partial charge in [0, 0.05) is 6.21 Å². The summed E-state index contributed by atoms with van der Waals surface area (Å²) in [5.41, 5.74) is 3.02. The van der Waals surface area contributed by atoms with Gasteiger partial charge in [0.15, 0.2) is 0 Å². The molecule has 0 saturated heterocycles. The van der Waals surface area contributed by atoms with Crippen molar-refractivity contribution in [3.8, 4) is 0 Å². The highest BCUT2D eigenvalue weighted by Gasteiger charge is 2.38. The van der Waals surface area contributed by atoms with E-state index in [1.807, 2.05) is 55.5 Å². The van der Waals surface area contributed by atoms with Gasteiger partial charge in [0.1, 0.15) is 5.92 Å². The molecule has 2 heterocycles. The van der Waals surface area contributed by atoms with Crippen LogP contribution in [0.3, 0.4) is 0 Å². The summed E-state index contributed by atoms with van der Waals surface area (Å²) in [7, 11) is 1.31. The van der Waals surface area contributed by atoms with Gasteiger partial charge >= 0.3 is 5.97 Å². The monoisotopic (exact) mass is 406 g/mol. The maximum Gasteiger partial charge on any atom is 0.311 e. The summed E-state index contributed by atoms with van der Waals surface area (Å²) in [5, 5.41) is 6.11. The van der Waals surface area contributed by atoms with Crippen LogP contribution in [0.4, 0.5) is 10.8 Å². The van der Waals surface area contributed by atoms with E-state index in [-0.39, 0.29) is 12.3 Å². The number of carbonyl (C=O) groups excluding carboxylic acids is 2. The van der Waals surface area contributed by atoms with Gasteiger partial charge in [0.25, 0.3) is 5.91 Å². The number of nitrogens with zero attached hydrogens (tertiary/aromatic N) is 4. The molecule has 146 valence electrons. The van der Waals surface area contributed by atoms with Crippen molar-refractivity contribution in [3.63, 3.8) is 0 Å². The number of fused-ring (bicyclic) bond motifs is 1. The SMILES string of the molecule is COC(=O)CC1=NN(c2nc3ccccc3s2)C(=O)C1C=Nc1ccc(C)cc1. The van der Waals surface area contributed by atoms with E-state index >= 15 is 0 Å². The molecule has 29 heavy (non-hydrogen) atoms. The number of amides is 1. The third kappa shape index (κ3) is 3.93. The number of benzene rings is 2. The molecule has 0 bridgehead atoms. The maximum atomic E-state index is 13.1. The van der Waals surface area contributed by atoms with E-state index in [4.69, 9.17) is 4.74 Å². The largest absolute Gasteiger partial charge is 0.469 e. The van der Waals surface area contributed by atoms with Crippen molar-refractivity contribution in [2.75, 3.05) is 12.1 Å².